The van der Waals surface area contributed by atoms with Gasteiger partial charge < -0.3 is 23.4 Å². The van der Waals surface area contributed by atoms with Gasteiger partial charge in [-0.05, 0) is 79.0 Å². The summed E-state index contributed by atoms with van der Waals surface area (Å²) < 4.78 is 25.4. The van der Waals surface area contributed by atoms with Crippen LogP contribution in [0.1, 0.15) is 102 Å². The molecule has 282 valence electrons. The molecule has 0 radical (unpaired) electrons. The molecule has 0 saturated carbocycles. The van der Waals surface area contributed by atoms with Crippen LogP contribution in [0.2, 0.25) is 36.3 Å². The van der Waals surface area contributed by atoms with Gasteiger partial charge in [0.25, 0.3) is 0 Å². The summed E-state index contributed by atoms with van der Waals surface area (Å²) in [6, 6.07) is 9.82. The van der Waals surface area contributed by atoms with Crippen molar-refractivity contribution >= 4 is 22.6 Å². The number of benzene rings is 1. The van der Waals surface area contributed by atoms with Crippen molar-refractivity contribution < 1.29 is 28.2 Å². The molecule has 8 heteroatoms. The molecule has 1 aromatic carbocycles. The van der Waals surface area contributed by atoms with Crippen molar-refractivity contribution in [2.75, 3.05) is 7.11 Å². The van der Waals surface area contributed by atoms with Gasteiger partial charge in [0, 0.05) is 11.8 Å². The fourth-order valence-corrected chi connectivity index (χ4v) is 8.80. The highest BCUT2D eigenvalue weighted by Crippen LogP contribution is 2.42. The van der Waals surface area contributed by atoms with Crippen molar-refractivity contribution in [1.29, 1.82) is 0 Å². The van der Waals surface area contributed by atoms with Gasteiger partial charge >= 0.3 is 5.97 Å². The minimum absolute atomic E-state index is 0.00167. The standard InChI is InChI=1S/C41H74O6Si2/c1-28(2)36(42)33(7)38(47-49(17,18)41(11,12)13)31(5)25-29(3)24-30(4)37(46-48(15,16)40(8,9)10)32(6)26-35(39(43)44-14)45-27-34-22-20-19-21-23-34/h19-24,26,28,30-33,36-38,42H,25,27H2,1-18H3/t30-,31-,32-,33+,36-,37-,38+/m0/s1. The molecule has 0 aromatic heterocycles. The molecule has 0 aliphatic rings. The van der Waals surface area contributed by atoms with Gasteiger partial charge in [-0.3, -0.25) is 0 Å². The van der Waals surface area contributed by atoms with Crippen LogP contribution >= 0.6 is 0 Å². The van der Waals surface area contributed by atoms with Crippen molar-refractivity contribution in [3.05, 3.63) is 59.4 Å². The van der Waals surface area contributed by atoms with Crippen LogP contribution in [0.25, 0.3) is 0 Å². The van der Waals surface area contributed by atoms with E-state index in [0.29, 0.717) is 0 Å². The highest BCUT2D eigenvalue weighted by atomic mass is 28.4. The number of allylic oxidation sites excluding steroid dienone is 1. The molecule has 0 saturated heterocycles. The molecule has 0 heterocycles. The molecule has 49 heavy (non-hydrogen) atoms. The van der Waals surface area contributed by atoms with E-state index in [0.717, 1.165) is 12.0 Å². The van der Waals surface area contributed by atoms with E-state index in [9.17, 15) is 9.90 Å². The molecule has 0 aliphatic heterocycles. The number of carbonyl (C=O) groups excluding carboxylic acids is 1. The summed E-state index contributed by atoms with van der Waals surface area (Å²) in [4.78, 5) is 12.9. The number of aliphatic hydroxyl groups excluding tert-OH is 1. The van der Waals surface area contributed by atoms with E-state index < -0.39 is 28.7 Å². The fourth-order valence-electron chi connectivity index (χ4n) is 5.85. The molecular formula is C41H74O6Si2. The lowest BCUT2D eigenvalue weighted by molar-refractivity contribution is -0.140. The van der Waals surface area contributed by atoms with Crippen LogP contribution in [0.3, 0.4) is 0 Å². The SMILES string of the molecule is COC(=O)C(=C[C@H](C)[C@@H](O[Si](C)(C)C(C)(C)C)[C@@H](C)C=C(C)C[C@H](C)[C@@H](O[Si](C)(C)C(C)(C)C)[C@H](C)[C@@H](O)C(C)C)OCc1ccccc1. The Labute approximate surface area is 303 Å². The van der Waals surface area contributed by atoms with Gasteiger partial charge in [-0.25, -0.2) is 4.79 Å². The minimum atomic E-state index is -2.19. The van der Waals surface area contributed by atoms with E-state index in [1.54, 1.807) is 0 Å². The zero-order valence-electron chi connectivity index (χ0n) is 34.6. The zero-order chi connectivity index (χ0) is 38.1. The number of aliphatic hydroxyl groups is 1. The topological polar surface area (TPSA) is 74.2 Å². The largest absolute Gasteiger partial charge is 0.482 e. The molecule has 1 aromatic rings. The molecule has 1 rings (SSSR count). The summed E-state index contributed by atoms with van der Waals surface area (Å²) in [6.45, 7) is 38.1. The molecule has 7 atom stereocenters. The van der Waals surface area contributed by atoms with Crippen LogP contribution in [-0.4, -0.2) is 53.1 Å². The third-order valence-electron chi connectivity index (χ3n) is 11.0. The third kappa shape index (κ3) is 13.7. The van der Waals surface area contributed by atoms with Crippen molar-refractivity contribution in [2.45, 2.75) is 158 Å². The maximum absolute atomic E-state index is 12.9. The summed E-state index contributed by atoms with van der Waals surface area (Å²) >= 11 is 0. The van der Waals surface area contributed by atoms with Crippen molar-refractivity contribution in [3.63, 3.8) is 0 Å². The Kier molecular flexibility index (Phi) is 17.3. The summed E-state index contributed by atoms with van der Waals surface area (Å²) in [5.41, 5.74) is 2.25. The number of ether oxygens (including phenoxy) is 2. The van der Waals surface area contributed by atoms with Crippen molar-refractivity contribution in [1.82, 2.24) is 0 Å². The van der Waals surface area contributed by atoms with E-state index in [2.05, 4.69) is 122 Å². The first-order chi connectivity index (χ1) is 22.3. The molecule has 0 bridgehead atoms. The number of esters is 1. The second-order valence-corrected chi connectivity index (χ2v) is 27.5. The lowest BCUT2D eigenvalue weighted by Gasteiger charge is -2.44. The molecule has 6 nitrogen and oxygen atoms in total. The quantitative estimate of drug-likeness (QED) is 0.0535. The molecule has 1 N–H and O–H groups in total. The number of rotatable bonds is 18. The van der Waals surface area contributed by atoms with E-state index in [1.807, 2.05) is 36.4 Å². The number of carbonyl (C=O) groups is 1. The van der Waals surface area contributed by atoms with Crippen LogP contribution in [0.5, 0.6) is 0 Å². The first kappa shape index (κ1) is 45.3. The predicted molar refractivity (Wildman–Crippen MR) is 211 cm³/mol. The number of methoxy groups -OCH3 is 1. The molecule has 0 unspecified atom stereocenters. The predicted octanol–water partition coefficient (Wildman–Crippen LogP) is 10.9. The highest BCUT2D eigenvalue weighted by Gasteiger charge is 2.43. The Bertz CT molecular complexity index is 1210. The van der Waals surface area contributed by atoms with Gasteiger partial charge in [-0.15, -0.1) is 0 Å². The molecular weight excluding hydrogens is 645 g/mol. The van der Waals surface area contributed by atoms with Crippen molar-refractivity contribution in [2.24, 2.45) is 29.6 Å². The van der Waals surface area contributed by atoms with Gasteiger partial charge in [0.1, 0.15) is 6.61 Å². The summed E-state index contributed by atoms with van der Waals surface area (Å²) in [7, 11) is -2.90. The Morgan fingerprint density at radius 3 is 1.71 bits per heavy atom. The average Bonchev–Trinajstić information content (AvgIpc) is 2.98. The van der Waals surface area contributed by atoms with E-state index in [1.165, 1.54) is 12.7 Å². The van der Waals surface area contributed by atoms with Crippen LogP contribution in [0.4, 0.5) is 0 Å². The summed E-state index contributed by atoms with van der Waals surface area (Å²) in [6.07, 6.45) is 4.38. The van der Waals surface area contributed by atoms with Crippen LogP contribution in [0.15, 0.2) is 53.8 Å². The Morgan fingerprint density at radius 1 is 0.796 bits per heavy atom. The first-order valence-corrected chi connectivity index (χ1v) is 24.2. The summed E-state index contributed by atoms with van der Waals surface area (Å²) in [5, 5.41) is 11.3. The average molecular weight is 719 g/mol. The van der Waals surface area contributed by atoms with Gasteiger partial charge in [-0.1, -0.05) is 125 Å². The summed E-state index contributed by atoms with van der Waals surface area (Å²) in [5.74, 6) is -0.0127. The molecule has 0 amide bonds. The van der Waals surface area contributed by atoms with Crippen LogP contribution < -0.4 is 0 Å². The maximum atomic E-state index is 12.9. The third-order valence-corrected chi connectivity index (χ3v) is 20.0. The molecule has 0 aliphatic carbocycles. The monoisotopic (exact) mass is 719 g/mol. The second kappa shape index (κ2) is 18.7. The lowest BCUT2D eigenvalue weighted by atomic mass is 9.82. The fraction of sp³-hybridized carbons (Fsp3) is 0.732. The zero-order valence-corrected chi connectivity index (χ0v) is 36.6. The van der Waals surface area contributed by atoms with E-state index in [4.69, 9.17) is 18.3 Å². The molecule has 0 spiro atoms. The van der Waals surface area contributed by atoms with E-state index in [-0.39, 0.29) is 64.2 Å². The van der Waals surface area contributed by atoms with Crippen molar-refractivity contribution in [3.8, 4) is 0 Å². The van der Waals surface area contributed by atoms with Gasteiger partial charge in [-0.2, -0.15) is 0 Å². The lowest BCUT2D eigenvalue weighted by Crippen LogP contribution is -2.49. The van der Waals surface area contributed by atoms with E-state index >= 15 is 0 Å². The minimum Gasteiger partial charge on any atom is -0.482 e. The molecule has 0 fully saturated rings. The van der Waals surface area contributed by atoms with Gasteiger partial charge in [0.15, 0.2) is 16.6 Å². The first-order valence-electron chi connectivity index (χ1n) is 18.4. The van der Waals surface area contributed by atoms with Crippen LogP contribution in [0, 0.1) is 29.6 Å². The highest BCUT2D eigenvalue weighted by molar-refractivity contribution is 6.74. The Hall–Kier alpha value is -1.72. The Balaban J connectivity index is 3.50. The maximum Gasteiger partial charge on any atom is 0.372 e. The van der Waals surface area contributed by atoms with Gasteiger partial charge in [0.2, 0.25) is 5.76 Å². The second-order valence-electron chi connectivity index (χ2n) is 18.0. The van der Waals surface area contributed by atoms with Gasteiger partial charge in [0.05, 0.1) is 25.4 Å². The smallest absolute Gasteiger partial charge is 0.372 e. The Morgan fingerprint density at radius 2 is 1.27 bits per heavy atom. The normalized spacial score (nSPS) is 18.4. The van der Waals surface area contributed by atoms with Crippen LogP contribution in [-0.2, 0) is 29.7 Å². The number of hydrogen-bond acceptors (Lipinski definition) is 6. The number of hydrogen-bond donors (Lipinski definition) is 1.